The van der Waals surface area contributed by atoms with Crippen molar-refractivity contribution in [3.63, 3.8) is 0 Å². The molecule has 2 aromatic heterocycles. The molecule has 122 valence electrons. The van der Waals surface area contributed by atoms with Crippen LogP contribution in [0.3, 0.4) is 0 Å². The third-order valence-corrected chi connectivity index (χ3v) is 5.15. The van der Waals surface area contributed by atoms with Gasteiger partial charge in [-0.3, -0.25) is 4.79 Å². The first kappa shape index (κ1) is 15.1. The summed E-state index contributed by atoms with van der Waals surface area (Å²) in [7, 11) is 0. The molecule has 1 amide bonds. The Hall–Kier alpha value is -2.47. The van der Waals surface area contributed by atoms with E-state index in [0.717, 1.165) is 17.0 Å². The Bertz CT molecular complexity index is 857. The van der Waals surface area contributed by atoms with Crippen molar-refractivity contribution in [2.24, 2.45) is 0 Å². The zero-order chi connectivity index (χ0) is 16.5. The van der Waals surface area contributed by atoms with Crippen molar-refractivity contribution < 1.29 is 9.32 Å². The molecule has 1 unspecified atom stereocenters. The van der Waals surface area contributed by atoms with E-state index in [1.165, 1.54) is 5.56 Å². The van der Waals surface area contributed by atoms with Gasteiger partial charge < -0.3 is 9.42 Å². The molecule has 1 aromatic carbocycles. The van der Waals surface area contributed by atoms with E-state index in [2.05, 4.69) is 29.2 Å². The van der Waals surface area contributed by atoms with E-state index in [0.29, 0.717) is 24.7 Å². The SMILES string of the molecule is CCc1cccc(N2CC(c3nc(-c4cccs4)no3)CC2=O)c1. The summed E-state index contributed by atoms with van der Waals surface area (Å²) in [5.41, 5.74) is 2.17. The number of aryl methyl sites for hydroxylation is 1. The van der Waals surface area contributed by atoms with Gasteiger partial charge in [0.2, 0.25) is 17.6 Å². The number of hydrogen-bond donors (Lipinski definition) is 0. The van der Waals surface area contributed by atoms with Crippen molar-refractivity contribution in [2.45, 2.75) is 25.7 Å². The number of rotatable bonds is 4. The molecule has 1 saturated heterocycles. The van der Waals surface area contributed by atoms with Crippen molar-refractivity contribution >= 4 is 22.9 Å². The van der Waals surface area contributed by atoms with E-state index in [9.17, 15) is 4.79 Å². The van der Waals surface area contributed by atoms with Gasteiger partial charge in [0.1, 0.15) is 0 Å². The smallest absolute Gasteiger partial charge is 0.232 e. The Morgan fingerprint density at radius 1 is 1.33 bits per heavy atom. The van der Waals surface area contributed by atoms with Crippen molar-refractivity contribution in [3.05, 3.63) is 53.2 Å². The standard InChI is InChI=1S/C18H17N3O2S/c1-2-12-5-3-6-14(9-12)21-11-13(10-16(21)22)18-19-17(20-23-18)15-7-4-8-24-15/h3-9,13H,2,10-11H2,1H3. The van der Waals surface area contributed by atoms with Crippen LogP contribution in [0, 0.1) is 0 Å². The van der Waals surface area contributed by atoms with Crippen LogP contribution < -0.4 is 4.90 Å². The maximum absolute atomic E-state index is 12.4. The number of carbonyl (C=O) groups is 1. The van der Waals surface area contributed by atoms with Crippen molar-refractivity contribution in [2.75, 3.05) is 11.4 Å². The highest BCUT2D eigenvalue weighted by molar-refractivity contribution is 7.13. The Balaban J connectivity index is 1.55. The fraction of sp³-hybridized carbons (Fsp3) is 0.278. The van der Waals surface area contributed by atoms with Gasteiger partial charge in [-0.05, 0) is 35.6 Å². The largest absolute Gasteiger partial charge is 0.339 e. The number of aromatic nitrogens is 2. The molecule has 1 aliphatic rings. The molecule has 0 N–H and O–H groups in total. The van der Waals surface area contributed by atoms with E-state index in [1.54, 1.807) is 11.3 Å². The number of benzene rings is 1. The first-order chi connectivity index (χ1) is 11.7. The molecule has 1 fully saturated rings. The quantitative estimate of drug-likeness (QED) is 0.724. The zero-order valence-corrected chi connectivity index (χ0v) is 14.1. The normalized spacial score (nSPS) is 17.6. The average Bonchev–Trinajstić information content (AvgIpc) is 3.34. The van der Waals surface area contributed by atoms with E-state index >= 15 is 0 Å². The van der Waals surface area contributed by atoms with Crippen LogP contribution in [0.4, 0.5) is 5.69 Å². The second-order valence-electron chi connectivity index (χ2n) is 5.86. The molecule has 3 heterocycles. The first-order valence-electron chi connectivity index (χ1n) is 8.01. The number of nitrogens with zero attached hydrogens (tertiary/aromatic N) is 3. The van der Waals surface area contributed by atoms with Crippen molar-refractivity contribution in [1.29, 1.82) is 0 Å². The van der Waals surface area contributed by atoms with E-state index < -0.39 is 0 Å². The van der Waals surface area contributed by atoms with Gasteiger partial charge in [-0.1, -0.05) is 30.3 Å². The highest BCUT2D eigenvalue weighted by Gasteiger charge is 2.35. The van der Waals surface area contributed by atoms with Crippen LogP contribution in [0.15, 0.2) is 46.3 Å². The van der Waals surface area contributed by atoms with Crippen LogP contribution in [0.1, 0.15) is 30.7 Å². The lowest BCUT2D eigenvalue weighted by molar-refractivity contribution is -0.117. The van der Waals surface area contributed by atoms with Crippen LogP contribution in [0.25, 0.3) is 10.7 Å². The molecule has 0 bridgehead atoms. The lowest BCUT2D eigenvalue weighted by Crippen LogP contribution is -2.24. The van der Waals surface area contributed by atoms with E-state index in [4.69, 9.17) is 4.52 Å². The van der Waals surface area contributed by atoms with E-state index in [-0.39, 0.29) is 11.8 Å². The second-order valence-corrected chi connectivity index (χ2v) is 6.81. The minimum Gasteiger partial charge on any atom is -0.339 e. The third kappa shape index (κ3) is 2.73. The fourth-order valence-electron chi connectivity index (χ4n) is 2.97. The maximum Gasteiger partial charge on any atom is 0.232 e. The summed E-state index contributed by atoms with van der Waals surface area (Å²) in [6, 6.07) is 12.0. The number of anilines is 1. The lowest BCUT2D eigenvalue weighted by atomic mass is 10.1. The van der Waals surface area contributed by atoms with Gasteiger partial charge in [-0.15, -0.1) is 11.3 Å². The van der Waals surface area contributed by atoms with Gasteiger partial charge >= 0.3 is 0 Å². The lowest BCUT2D eigenvalue weighted by Gasteiger charge is -2.16. The van der Waals surface area contributed by atoms with Crippen LogP contribution >= 0.6 is 11.3 Å². The molecule has 0 radical (unpaired) electrons. The molecule has 6 heteroatoms. The molecule has 1 atom stereocenters. The minimum atomic E-state index is -0.0519. The Morgan fingerprint density at radius 3 is 3.04 bits per heavy atom. The van der Waals surface area contributed by atoms with Gasteiger partial charge in [0.15, 0.2) is 0 Å². The first-order valence-corrected chi connectivity index (χ1v) is 8.89. The summed E-state index contributed by atoms with van der Waals surface area (Å²) in [6.07, 6.45) is 1.36. The summed E-state index contributed by atoms with van der Waals surface area (Å²) in [5, 5.41) is 6.03. The summed E-state index contributed by atoms with van der Waals surface area (Å²) in [6.45, 7) is 2.69. The molecule has 0 saturated carbocycles. The van der Waals surface area contributed by atoms with Crippen LogP contribution in [-0.4, -0.2) is 22.6 Å². The monoisotopic (exact) mass is 339 g/mol. The van der Waals surface area contributed by atoms with Crippen molar-refractivity contribution in [1.82, 2.24) is 10.1 Å². The fourth-order valence-corrected chi connectivity index (χ4v) is 3.62. The molecule has 1 aliphatic heterocycles. The highest BCUT2D eigenvalue weighted by Crippen LogP contribution is 2.32. The van der Waals surface area contributed by atoms with Crippen LogP contribution in [-0.2, 0) is 11.2 Å². The Labute approximate surface area is 143 Å². The van der Waals surface area contributed by atoms with E-state index in [1.807, 2.05) is 34.5 Å². The number of amides is 1. The molecular weight excluding hydrogens is 322 g/mol. The van der Waals surface area contributed by atoms with Crippen molar-refractivity contribution in [3.8, 4) is 10.7 Å². The molecule has 24 heavy (non-hydrogen) atoms. The molecule has 0 spiro atoms. The number of thiophene rings is 1. The summed E-state index contributed by atoms with van der Waals surface area (Å²) in [4.78, 5) is 19.7. The van der Waals surface area contributed by atoms with Gasteiger partial charge in [-0.2, -0.15) is 4.98 Å². The van der Waals surface area contributed by atoms with Crippen LogP contribution in [0.5, 0.6) is 0 Å². The molecule has 5 nitrogen and oxygen atoms in total. The molecular formula is C18H17N3O2S. The summed E-state index contributed by atoms with van der Waals surface area (Å²) >= 11 is 1.57. The molecule has 0 aliphatic carbocycles. The summed E-state index contributed by atoms with van der Waals surface area (Å²) in [5.74, 6) is 1.19. The predicted octanol–water partition coefficient (Wildman–Crippen LogP) is 3.88. The second kappa shape index (κ2) is 6.20. The number of hydrogen-bond acceptors (Lipinski definition) is 5. The summed E-state index contributed by atoms with van der Waals surface area (Å²) < 4.78 is 5.42. The maximum atomic E-state index is 12.4. The van der Waals surface area contributed by atoms with Gasteiger partial charge in [0.25, 0.3) is 0 Å². The topological polar surface area (TPSA) is 59.2 Å². The Kier molecular flexibility index (Phi) is 3.90. The van der Waals surface area contributed by atoms with Gasteiger partial charge in [-0.25, -0.2) is 0 Å². The van der Waals surface area contributed by atoms with Gasteiger partial charge in [0, 0.05) is 18.7 Å². The van der Waals surface area contributed by atoms with Crippen LogP contribution in [0.2, 0.25) is 0 Å². The predicted molar refractivity (Wildman–Crippen MR) is 93.1 cm³/mol. The third-order valence-electron chi connectivity index (χ3n) is 4.29. The Morgan fingerprint density at radius 2 is 2.25 bits per heavy atom. The highest BCUT2D eigenvalue weighted by atomic mass is 32.1. The minimum absolute atomic E-state index is 0.0519. The van der Waals surface area contributed by atoms with Gasteiger partial charge in [0.05, 0.1) is 10.8 Å². The number of carbonyl (C=O) groups excluding carboxylic acids is 1. The average molecular weight is 339 g/mol. The zero-order valence-electron chi connectivity index (χ0n) is 13.3. The molecule has 4 rings (SSSR count). The molecule has 3 aromatic rings.